The minimum atomic E-state index is -0.752. The smallest absolute Gasteiger partial charge is 0.408 e. The SMILES string of the molecule is CCn1c(-c2nc3cc(C(=O)N4CC[C@@H](O)[C@H](NC(=O)OC(C)(C)C)C4)ccc3n2C)cc2ccccc21. The molecule has 2 atom stereocenters. The van der Waals surface area contributed by atoms with Gasteiger partial charge in [-0.3, -0.25) is 4.79 Å². The lowest BCUT2D eigenvalue weighted by Crippen LogP contribution is -2.57. The number of aliphatic hydroxyl groups excluding tert-OH is 1. The molecule has 0 bridgehead atoms. The molecule has 1 fully saturated rings. The second-order valence-electron chi connectivity index (χ2n) is 10.9. The van der Waals surface area contributed by atoms with E-state index in [9.17, 15) is 14.7 Å². The van der Waals surface area contributed by atoms with Crippen LogP contribution in [-0.4, -0.2) is 67.0 Å². The lowest BCUT2D eigenvalue weighted by Gasteiger charge is -2.36. The number of piperidine rings is 1. The topological polar surface area (TPSA) is 102 Å². The van der Waals surface area contributed by atoms with Gasteiger partial charge in [0, 0.05) is 43.1 Å². The Morgan fingerprint density at radius 1 is 1.13 bits per heavy atom. The Morgan fingerprint density at radius 2 is 1.89 bits per heavy atom. The van der Waals surface area contributed by atoms with Crippen LogP contribution >= 0.6 is 0 Å². The number of imidazole rings is 1. The molecule has 0 unspecified atom stereocenters. The predicted octanol–water partition coefficient (Wildman–Crippen LogP) is 4.32. The highest BCUT2D eigenvalue weighted by Gasteiger charge is 2.33. The summed E-state index contributed by atoms with van der Waals surface area (Å²) in [6, 6.07) is 15.4. The zero-order valence-corrected chi connectivity index (χ0v) is 22.6. The van der Waals surface area contributed by atoms with Gasteiger partial charge in [-0.05, 0) is 64.4 Å². The van der Waals surface area contributed by atoms with E-state index in [2.05, 4.69) is 39.6 Å². The van der Waals surface area contributed by atoms with E-state index in [1.165, 1.54) is 0 Å². The van der Waals surface area contributed by atoms with Crippen LogP contribution in [0.4, 0.5) is 4.79 Å². The summed E-state index contributed by atoms with van der Waals surface area (Å²) in [6.07, 6.45) is -0.996. The number of benzene rings is 2. The molecule has 2 amide bonds. The first kappa shape index (κ1) is 25.8. The van der Waals surface area contributed by atoms with E-state index in [-0.39, 0.29) is 12.5 Å². The van der Waals surface area contributed by atoms with Gasteiger partial charge in [-0.15, -0.1) is 0 Å². The van der Waals surface area contributed by atoms with Gasteiger partial charge in [-0.2, -0.15) is 0 Å². The van der Waals surface area contributed by atoms with Gasteiger partial charge < -0.3 is 29.2 Å². The molecule has 0 aliphatic carbocycles. The fraction of sp³-hybridized carbons (Fsp3) is 0.414. The number of hydrogen-bond donors (Lipinski definition) is 2. The van der Waals surface area contributed by atoms with Crippen LogP contribution in [0.2, 0.25) is 0 Å². The predicted molar refractivity (Wildman–Crippen MR) is 147 cm³/mol. The Labute approximate surface area is 222 Å². The van der Waals surface area contributed by atoms with E-state index in [1.807, 2.05) is 37.4 Å². The number of aliphatic hydroxyl groups is 1. The molecule has 2 aromatic carbocycles. The summed E-state index contributed by atoms with van der Waals surface area (Å²) in [5.74, 6) is 0.676. The summed E-state index contributed by atoms with van der Waals surface area (Å²) in [6.45, 7) is 8.86. The number of carbonyl (C=O) groups is 2. The van der Waals surface area contributed by atoms with Crippen LogP contribution in [0.25, 0.3) is 33.5 Å². The van der Waals surface area contributed by atoms with Gasteiger partial charge in [-0.1, -0.05) is 18.2 Å². The Bertz CT molecular complexity index is 1510. The van der Waals surface area contributed by atoms with Crippen molar-refractivity contribution in [2.75, 3.05) is 13.1 Å². The zero-order valence-electron chi connectivity index (χ0n) is 22.6. The molecule has 0 radical (unpaired) electrons. The molecule has 2 aromatic heterocycles. The van der Waals surface area contributed by atoms with Gasteiger partial charge in [0.05, 0.1) is 28.9 Å². The highest BCUT2D eigenvalue weighted by Crippen LogP contribution is 2.30. The lowest BCUT2D eigenvalue weighted by molar-refractivity contribution is 0.0210. The minimum Gasteiger partial charge on any atom is -0.444 e. The molecule has 9 nitrogen and oxygen atoms in total. The van der Waals surface area contributed by atoms with E-state index >= 15 is 0 Å². The molecule has 1 aliphatic heterocycles. The summed E-state index contributed by atoms with van der Waals surface area (Å²) < 4.78 is 9.63. The molecule has 3 heterocycles. The summed E-state index contributed by atoms with van der Waals surface area (Å²) >= 11 is 0. The number of nitrogens with zero attached hydrogens (tertiary/aromatic N) is 4. The molecular formula is C29H35N5O4. The van der Waals surface area contributed by atoms with Crippen LogP contribution in [0.5, 0.6) is 0 Å². The van der Waals surface area contributed by atoms with E-state index < -0.39 is 23.8 Å². The maximum absolute atomic E-state index is 13.5. The third-order valence-corrected chi connectivity index (χ3v) is 7.05. The molecule has 38 heavy (non-hydrogen) atoms. The number of alkyl carbamates (subject to hydrolysis) is 1. The summed E-state index contributed by atoms with van der Waals surface area (Å²) in [4.78, 5) is 32.3. The number of carbonyl (C=O) groups excluding carboxylic acids is 2. The standard InChI is InChI=1S/C29H35N5O4/c1-6-34-22-10-8-7-9-18(22)16-24(34)26-30-20-15-19(11-12-23(20)32(26)5)27(36)33-14-13-25(35)21(17-33)31-28(37)38-29(2,3)4/h7-12,15-16,21,25,35H,6,13-14,17H2,1-5H3,(H,31,37)/t21-,25-/m1/s1. The number of rotatable bonds is 4. The van der Waals surface area contributed by atoms with Crippen molar-refractivity contribution in [1.82, 2.24) is 24.3 Å². The van der Waals surface area contributed by atoms with Crippen LogP contribution < -0.4 is 5.32 Å². The summed E-state index contributed by atoms with van der Waals surface area (Å²) in [7, 11) is 1.99. The van der Waals surface area contributed by atoms with Crippen molar-refractivity contribution in [3.8, 4) is 11.5 Å². The van der Waals surface area contributed by atoms with Crippen molar-refractivity contribution in [2.45, 2.75) is 58.4 Å². The van der Waals surface area contributed by atoms with Gasteiger partial charge >= 0.3 is 6.09 Å². The number of likely N-dealkylation sites (tertiary alicyclic amines) is 1. The number of amides is 2. The van der Waals surface area contributed by atoms with Gasteiger partial charge in [0.25, 0.3) is 5.91 Å². The fourth-order valence-electron chi connectivity index (χ4n) is 5.21. The fourth-order valence-corrected chi connectivity index (χ4v) is 5.21. The van der Waals surface area contributed by atoms with Crippen molar-refractivity contribution < 1.29 is 19.4 Å². The van der Waals surface area contributed by atoms with Crippen LogP contribution in [-0.2, 0) is 18.3 Å². The van der Waals surface area contributed by atoms with Crippen molar-refractivity contribution in [3.05, 3.63) is 54.1 Å². The van der Waals surface area contributed by atoms with Crippen LogP contribution in [0, 0.1) is 0 Å². The van der Waals surface area contributed by atoms with Crippen LogP contribution in [0.1, 0.15) is 44.5 Å². The van der Waals surface area contributed by atoms with Gasteiger partial charge in [-0.25, -0.2) is 9.78 Å². The average molecular weight is 518 g/mol. The second kappa shape index (κ2) is 9.79. The summed E-state index contributed by atoms with van der Waals surface area (Å²) in [5, 5.41) is 14.3. The number of aryl methyl sites for hydroxylation is 2. The van der Waals surface area contributed by atoms with E-state index in [1.54, 1.807) is 25.7 Å². The van der Waals surface area contributed by atoms with Crippen molar-refractivity contribution >= 4 is 33.9 Å². The molecule has 9 heteroatoms. The number of aromatic nitrogens is 3. The Balaban J connectivity index is 1.40. The van der Waals surface area contributed by atoms with Gasteiger partial charge in [0.2, 0.25) is 0 Å². The third-order valence-electron chi connectivity index (χ3n) is 7.05. The van der Waals surface area contributed by atoms with E-state index in [0.717, 1.165) is 40.0 Å². The van der Waals surface area contributed by atoms with E-state index in [4.69, 9.17) is 9.72 Å². The number of hydrogen-bond acceptors (Lipinski definition) is 5. The Morgan fingerprint density at radius 3 is 2.63 bits per heavy atom. The minimum absolute atomic E-state index is 0.162. The summed E-state index contributed by atoms with van der Waals surface area (Å²) in [5.41, 5.74) is 3.73. The lowest BCUT2D eigenvalue weighted by atomic mass is 10.0. The average Bonchev–Trinajstić information content (AvgIpc) is 3.40. The monoisotopic (exact) mass is 517 g/mol. The van der Waals surface area contributed by atoms with Gasteiger partial charge in [0.1, 0.15) is 5.60 Å². The first-order chi connectivity index (χ1) is 18.1. The number of nitrogens with one attached hydrogen (secondary N) is 1. The quantitative estimate of drug-likeness (QED) is 0.420. The second-order valence-corrected chi connectivity index (χ2v) is 10.9. The molecule has 1 saturated heterocycles. The molecule has 5 rings (SSSR count). The Hall–Kier alpha value is -3.85. The number of ether oxygens (including phenoxy) is 1. The molecule has 1 aliphatic rings. The van der Waals surface area contributed by atoms with Crippen molar-refractivity contribution in [2.24, 2.45) is 7.05 Å². The number of para-hydroxylation sites is 1. The van der Waals surface area contributed by atoms with Crippen LogP contribution in [0.3, 0.4) is 0 Å². The highest BCUT2D eigenvalue weighted by atomic mass is 16.6. The van der Waals surface area contributed by atoms with Crippen molar-refractivity contribution in [3.63, 3.8) is 0 Å². The first-order valence-electron chi connectivity index (χ1n) is 13.1. The highest BCUT2D eigenvalue weighted by molar-refractivity contribution is 5.98. The van der Waals surface area contributed by atoms with Gasteiger partial charge in [0.15, 0.2) is 5.82 Å². The normalized spacial score (nSPS) is 18.2. The molecule has 0 spiro atoms. The maximum atomic E-state index is 13.5. The Kier molecular flexibility index (Phi) is 6.65. The zero-order chi connectivity index (χ0) is 27.2. The third kappa shape index (κ3) is 4.86. The molecular weight excluding hydrogens is 482 g/mol. The maximum Gasteiger partial charge on any atom is 0.408 e. The molecule has 0 saturated carbocycles. The first-order valence-corrected chi connectivity index (χ1v) is 13.1. The molecule has 2 N–H and O–H groups in total. The van der Waals surface area contributed by atoms with Crippen LogP contribution in [0.15, 0.2) is 48.5 Å². The largest absolute Gasteiger partial charge is 0.444 e. The van der Waals surface area contributed by atoms with Crippen molar-refractivity contribution in [1.29, 1.82) is 0 Å². The molecule has 4 aromatic rings. The molecule has 200 valence electrons. The van der Waals surface area contributed by atoms with E-state index in [0.29, 0.717) is 18.5 Å². The number of fused-ring (bicyclic) bond motifs is 2.